The van der Waals surface area contributed by atoms with E-state index in [4.69, 9.17) is 23.2 Å². The highest BCUT2D eigenvalue weighted by Crippen LogP contribution is 2.53. The molecule has 76 valence electrons. The van der Waals surface area contributed by atoms with Crippen molar-refractivity contribution in [3.63, 3.8) is 0 Å². The van der Waals surface area contributed by atoms with Gasteiger partial charge in [0.05, 0.1) is 0 Å². The van der Waals surface area contributed by atoms with Gasteiger partial charge >= 0.3 is 0 Å². The van der Waals surface area contributed by atoms with Gasteiger partial charge in [-0.2, -0.15) is 0 Å². The van der Waals surface area contributed by atoms with Crippen LogP contribution in [0.1, 0.15) is 6.42 Å². The third kappa shape index (κ3) is 2.50. The molecule has 0 amide bonds. The number of hydrogen-bond acceptors (Lipinski definition) is 2. The van der Waals surface area contributed by atoms with Crippen molar-refractivity contribution in [1.82, 2.24) is 9.80 Å². The van der Waals surface area contributed by atoms with E-state index in [9.17, 15) is 0 Å². The SMILES string of the molecule is CN1CCN(CC2CC2(Cl)Cl)CC1. The first-order valence-corrected chi connectivity index (χ1v) is 5.62. The highest BCUT2D eigenvalue weighted by molar-refractivity contribution is 6.50. The molecule has 1 unspecified atom stereocenters. The topological polar surface area (TPSA) is 6.48 Å². The minimum absolute atomic E-state index is 0.399. The van der Waals surface area contributed by atoms with Crippen LogP contribution < -0.4 is 0 Å². The molecule has 1 atom stereocenters. The molecule has 1 heterocycles. The lowest BCUT2D eigenvalue weighted by Gasteiger charge is -2.32. The maximum absolute atomic E-state index is 5.98. The van der Waals surface area contributed by atoms with Crippen LogP contribution in [0.15, 0.2) is 0 Å². The van der Waals surface area contributed by atoms with Crippen LogP contribution in [0.2, 0.25) is 0 Å². The van der Waals surface area contributed by atoms with Crippen LogP contribution in [-0.4, -0.2) is 53.9 Å². The molecule has 1 saturated heterocycles. The minimum Gasteiger partial charge on any atom is -0.304 e. The number of hydrogen-bond donors (Lipinski definition) is 0. The Morgan fingerprint density at radius 2 is 1.77 bits per heavy atom. The van der Waals surface area contributed by atoms with Gasteiger partial charge in [-0.25, -0.2) is 0 Å². The predicted molar refractivity (Wildman–Crippen MR) is 56.5 cm³/mol. The van der Waals surface area contributed by atoms with E-state index in [0.29, 0.717) is 5.92 Å². The molecule has 1 saturated carbocycles. The highest BCUT2D eigenvalue weighted by Gasteiger charge is 2.51. The number of piperazine rings is 1. The van der Waals surface area contributed by atoms with Crippen molar-refractivity contribution >= 4 is 23.2 Å². The lowest BCUT2D eigenvalue weighted by atomic mass is 10.3. The Labute approximate surface area is 89.8 Å². The van der Waals surface area contributed by atoms with Crippen LogP contribution in [-0.2, 0) is 0 Å². The van der Waals surface area contributed by atoms with Gasteiger partial charge in [0.1, 0.15) is 4.33 Å². The van der Waals surface area contributed by atoms with Crippen LogP contribution >= 0.6 is 23.2 Å². The van der Waals surface area contributed by atoms with Gasteiger partial charge in [0.2, 0.25) is 0 Å². The second-order valence-electron chi connectivity index (χ2n) is 4.27. The van der Waals surface area contributed by atoms with Crippen molar-refractivity contribution in [1.29, 1.82) is 0 Å². The van der Waals surface area contributed by atoms with Gasteiger partial charge in [0.25, 0.3) is 0 Å². The molecule has 2 rings (SSSR count). The molecule has 1 aliphatic carbocycles. The maximum atomic E-state index is 5.98. The number of halogens is 2. The second kappa shape index (κ2) is 3.58. The fourth-order valence-electron chi connectivity index (χ4n) is 1.81. The van der Waals surface area contributed by atoms with E-state index in [-0.39, 0.29) is 0 Å². The summed E-state index contributed by atoms with van der Waals surface area (Å²) >= 11 is 12.0. The van der Waals surface area contributed by atoms with E-state index >= 15 is 0 Å². The highest BCUT2D eigenvalue weighted by atomic mass is 35.5. The number of nitrogens with zero attached hydrogens (tertiary/aromatic N) is 2. The van der Waals surface area contributed by atoms with Crippen LogP contribution in [0.25, 0.3) is 0 Å². The Hall–Kier alpha value is 0.500. The van der Waals surface area contributed by atoms with Crippen LogP contribution in [0.5, 0.6) is 0 Å². The summed E-state index contributed by atoms with van der Waals surface area (Å²) < 4.78 is -0.399. The molecule has 4 heteroatoms. The van der Waals surface area contributed by atoms with Crippen LogP contribution in [0, 0.1) is 5.92 Å². The van der Waals surface area contributed by atoms with Gasteiger partial charge in [-0.1, -0.05) is 0 Å². The molecule has 0 spiro atoms. The van der Waals surface area contributed by atoms with E-state index in [2.05, 4.69) is 16.8 Å². The molecule has 13 heavy (non-hydrogen) atoms. The first-order chi connectivity index (χ1) is 6.08. The van der Waals surface area contributed by atoms with Gasteiger partial charge in [0.15, 0.2) is 0 Å². The lowest BCUT2D eigenvalue weighted by molar-refractivity contribution is 0.149. The van der Waals surface area contributed by atoms with Crippen molar-refractivity contribution in [2.45, 2.75) is 10.8 Å². The van der Waals surface area contributed by atoms with Crippen molar-refractivity contribution in [2.24, 2.45) is 5.92 Å². The monoisotopic (exact) mass is 222 g/mol. The van der Waals surface area contributed by atoms with E-state index in [0.717, 1.165) is 26.1 Å². The minimum atomic E-state index is -0.399. The molecule has 2 fully saturated rings. The molecular weight excluding hydrogens is 207 g/mol. The molecule has 0 radical (unpaired) electrons. The molecule has 0 N–H and O–H groups in total. The quantitative estimate of drug-likeness (QED) is 0.653. The molecule has 2 nitrogen and oxygen atoms in total. The third-order valence-corrected chi connectivity index (χ3v) is 3.96. The average Bonchev–Trinajstić information content (AvgIpc) is 2.64. The number of likely N-dealkylation sites (N-methyl/N-ethyl adjacent to an activating group) is 1. The van der Waals surface area contributed by atoms with E-state index in [1.807, 2.05) is 0 Å². The Morgan fingerprint density at radius 1 is 1.23 bits per heavy atom. The van der Waals surface area contributed by atoms with Gasteiger partial charge in [-0.05, 0) is 13.5 Å². The molecular formula is C9H16Cl2N2. The smallest absolute Gasteiger partial charge is 0.122 e. The van der Waals surface area contributed by atoms with Crippen molar-refractivity contribution in [2.75, 3.05) is 39.8 Å². The second-order valence-corrected chi connectivity index (χ2v) is 5.81. The Morgan fingerprint density at radius 3 is 2.23 bits per heavy atom. The zero-order chi connectivity index (χ0) is 9.47. The van der Waals surface area contributed by atoms with E-state index in [1.165, 1.54) is 13.1 Å². The van der Waals surface area contributed by atoms with Gasteiger partial charge in [-0.3, -0.25) is 0 Å². The summed E-state index contributed by atoms with van der Waals surface area (Å²) in [5.74, 6) is 0.513. The van der Waals surface area contributed by atoms with Gasteiger partial charge in [0, 0.05) is 38.6 Å². The van der Waals surface area contributed by atoms with Crippen molar-refractivity contribution in [3.05, 3.63) is 0 Å². The summed E-state index contributed by atoms with van der Waals surface area (Å²) in [6.45, 7) is 5.75. The Bertz CT molecular complexity index is 188. The summed E-state index contributed by atoms with van der Waals surface area (Å²) in [7, 11) is 2.17. The summed E-state index contributed by atoms with van der Waals surface area (Å²) in [5.41, 5.74) is 0. The Balaban J connectivity index is 1.72. The summed E-state index contributed by atoms with van der Waals surface area (Å²) in [5, 5.41) is 0. The summed E-state index contributed by atoms with van der Waals surface area (Å²) in [6, 6.07) is 0. The zero-order valence-electron chi connectivity index (χ0n) is 7.97. The van der Waals surface area contributed by atoms with Gasteiger partial charge < -0.3 is 9.80 Å². The molecule has 0 aromatic heterocycles. The fraction of sp³-hybridized carbons (Fsp3) is 1.00. The first kappa shape index (κ1) is 10.0. The van der Waals surface area contributed by atoms with E-state index < -0.39 is 4.33 Å². The molecule has 0 bridgehead atoms. The predicted octanol–water partition coefficient (Wildman–Crippen LogP) is 1.43. The van der Waals surface area contributed by atoms with Gasteiger partial charge in [-0.15, -0.1) is 23.2 Å². The summed E-state index contributed by atoms with van der Waals surface area (Å²) in [6.07, 6.45) is 0.975. The standard InChI is InChI=1S/C9H16Cl2N2/c1-12-2-4-13(5-3-12)7-8-6-9(8,10)11/h8H,2-7H2,1H3. The molecule has 1 aliphatic heterocycles. The lowest BCUT2D eigenvalue weighted by Crippen LogP contribution is -2.45. The molecule has 0 aromatic rings. The average molecular weight is 223 g/mol. The van der Waals surface area contributed by atoms with Crippen molar-refractivity contribution < 1.29 is 0 Å². The van der Waals surface area contributed by atoms with Crippen LogP contribution in [0.4, 0.5) is 0 Å². The third-order valence-electron chi connectivity index (χ3n) is 3.03. The van der Waals surface area contributed by atoms with E-state index in [1.54, 1.807) is 0 Å². The Kier molecular flexibility index (Phi) is 2.76. The number of rotatable bonds is 2. The first-order valence-electron chi connectivity index (χ1n) is 4.87. The molecule has 0 aromatic carbocycles. The van der Waals surface area contributed by atoms with Crippen molar-refractivity contribution in [3.8, 4) is 0 Å². The fourth-order valence-corrected chi connectivity index (χ4v) is 2.32. The largest absolute Gasteiger partial charge is 0.304 e. The zero-order valence-corrected chi connectivity index (χ0v) is 9.48. The summed E-state index contributed by atoms with van der Waals surface area (Å²) in [4.78, 5) is 4.83. The maximum Gasteiger partial charge on any atom is 0.122 e. The van der Waals surface area contributed by atoms with Crippen LogP contribution in [0.3, 0.4) is 0 Å². The number of alkyl halides is 2. The molecule has 2 aliphatic rings. The normalized spacial score (nSPS) is 34.8.